The third-order valence-corrected chi connectivity index (χ3v) is 5.93. The van der Waals surface area contributed by atoms with Gasteiger partial charge < -0.3 is 15.1 Å². The molecule has 1 aromatic rings. The predicted molar refractivity (Wildman–Crippen MR) is 101 cm³/mol. The minimum Gasteiger partial charge on any atom is -0.394 e. The molecule has 0 bridgehead atoms. The van der Waals surface area contributed by atoms with Crippen LogP contribution >= 0.6 is 0 Å². The molecule has 1 heterocycles. The van der Waals surface area contributed by atoms with Crippen molar-refractivity contribution in [2.75, 3.05) is 31.1 Å². The molecule has 0 radical (unpaired) electrons. The molecule has 0 amide bonds. The SMILES string of the molecule is C/C(=C(/C#N)S(=O)(=O)NCC(O)CO)c1ccc(N2CCCCC2)cc1. The summed E-state index contributed by atoms with van der Waals surface area (Å²) in [6, 6.07) is 9.24. The van der Waals surface area contributed by atoms with E-state index in [1.54, 1.807) is 13.0 Å². The van der Waals surface area contributed by atoms with E-state index in [4.69, 9.17) is 5.11 Å². The summed E-state index contributed by atoms with van der Waals surface area (Å²) in [5.41, 5.74) is 2.07. The summed E-state index contributed by atoms with van der Waals surface area (Å²) in [7, 11) is -4.07. The highest BCUT2D eigenvalue weighted by atomic mass is 32.2. The molecule has 1 atom stereocenters. The Labute approximate surface area is 154 Å². The number of nitriles is 1. The van der Waals surface area contributed by atoms with Crippen molar-refractivity contribution >= 4 is 21.3 Å². The van der Waals surface area contributed by atoms with Crippen LogP contribution in [0.15, 0.2) is 29.2 Å². The normalized spacial score (nSPS) is 17.4. The second-order valence-electron chi connectivity index (χ2n) is 6.35. The minimum absolute atomic E-state index is 0.337. The summed E-state index contributed by atoms with van der Waals surface area (Å²) >= 11 is 0. The number of nitrogens with zero attached hydrogens (tertiary/aromatic N) is 2. The molecule has 1 aromatic carbocycles. The Kier molecular flexibility index (Phi) is 7.17. The van der Waals surface area contributed by atoms with Gasteiger partial charge in [-0.05, 0) is 49.5 Å². The van der Waals surface area contributed by atoms with Gasteiger partial charge in [-0.1, -0.05) is 12.1 Å². The van der Waals surface area contributed by atoms with Gasteiger partial charge >= 0.3 is 0 Å². The fraction of sp³-hybridized carbons (Fsp3) is 0.500. The standard InChI is InChI=1S/C18H25N3O4S/c1-14(18(11-19)26(24,25)20-12-17(23)13-22)15-5-7-16(8-6-15)21-9-3-2-4-10-21/h5-8,17,20,22-23H,2-4,9-10,12-13H2,1H3/b18-14+. The van der Waals surface area contributed by atoms with Gasteiger partial charge in [0, 0.05) is 25.3 Å². The first-order chi connectivity index (χ1) is 12.4. The Morgan fingerprint density at radius 3 is 2.42 bits per heavy atom. The quantitative estimate of drug-likeness (QED) is 0.614. The average Bonchev–Trinajstić information content (AvgIpc) is 2.67. The van der Waals surface area contributed by atoms with Crippen LogP contribution in [0, 0.1) is 11.3 Å². The van der Waals surface area contributed by atoms with Gasteiger partial charge in [-0.25, -0.2) is 13.1 Å². The number of benzene rings is 1. The van der Waals surface area contributed by atoms with E-state index in [2.05, 4.69) is 9.62 Å². The summed E-state index contributed by atoms with van der Waals surface area (Å²) in [4.78, 5) is 1.90. The molecule has 0 aromatic heterocycles. The van der Waals surface area contributed by atoms with Crippen molar-refractivity contribution in [3.63, 3.8) is 0 Å². The highest BCUT2D eigenvalue weighted by Crippen LogP contribution is 2.25. The molecule has 0 spiro atoms. The maximum Gasteiger partial charge on any atom is 0.251 e. The topological polar surface area (TPSA) is 114 Å². The van der Waals surface area contributed by atoms with Gasteiger partial charge in [-0.3, -0.25) is 0 Å². The van der Waals surface area contributed by atoms with Gasteiger partial charge in [0.2, 0.25) is 0 Å². The third-order valence-electron chi connectivity index (χ3n) is 4.45. The van der Waals surface area contributed by atoms with Gasteiger partial charge in [0.25, 0.3) is 10.0 Å². The Bertz CT molecular complexity index is 776. The third kappa shape index (κ3) is 5.05. The largest absolute Gasteiger partial charge is 0.394 e. The van der Waals surface area contributed by atoms with Crippen LogP contribution in [0.2, 0.25) is 0 Å². The molecule has 8 heteroatoms. The first kappa shape index (κ1) is 20.4. The molecule has 26 heavy (non-hydrogen) atoms. The van der Waals surface area contributed by atoms with Crippen LogP contribution in [0.25, 0.3) is 5.57 Å². The zero-order chi connectivity index (χ0) is 19.2. The molecule has 1 unspecified atom stereocenters. The second-order valence-corrected chi connectivity index (χ2v) is 8.05. The molecule has 0 aliphatic carbocycles. The van der Waals surface area contributed by atoms with Gasteiger partial charge in [0.05, 0.1) is 12.7 Å². The molecule has 2 rings (SSSR count). The monoisotopic (exact) mass is 379 g/mol. The second kappa shape index (κ2) is 9.14. The van der Waals surface area contributed by atoms with Crippen LogP contribution in [0.4, 0.5) is 5.69 Å². The van der Waals surface area contributed by atoms with Gasteiger partial charge in [0.1, 0.15) is 6.07 Å². The van der Waals surface area contributed by atoms with Crippen LogP contribution in [0.5, 0.6) is 0 Å². The number of anilines is 1. The van der Waals surface area contributed by atoms with Crippen molar-refractivity contribution < 1.29 is 18.6 Å². The Hall–Kier alpha value is -1.92. The number of rotatable bonds is 7. The van der Waals surface area contributed by atoms with Crippen molar-refractivity contribution in [3.8, 4) is 6.07 Å². The molecule has 1 aliphatic heterocycles. The van der Waals surface area contributed by atoms with E-state index < -0.39 is 27.6 Å². The fourth-order valence-electron chi connectivity index (χ4n) is 2.89. The van der Waals surface area contributed by atoms with Crippen molar-refractivity contribution in [3.05, 3.63) is 34.7 Å². The molecular formula is C18H25N3O4S. The highest BCUT2D eigenvalue weighted by Gasteiger charge is 2.22. The molecular weight excluding hydrogens is 354 g/mol. The number of sulfonamides is 1. The van der Waals surface area contributed by atoms with Crippen LogP contribution in [0.1, 0.15) is 31.7 Å². The van der Waals surface area contributed by atoms with E-state index in [1.807, 2.05) is 24.3 Å². The number of aliphatic hydroxyl groups excluding tert-OH is 2. The van der Waals surface area contributed by atoms with E-state index in [0.29, 0.717) is 11.1 Å². The van der Waals surface area contributed by atoms with Crippen LogP contribution in [0.3, 0.4) is 0 Å². The van der Waals surface area contributed by atoms with Crippen molar-refractivity contribution in [1.29, 1.82) is 5.26 Å². The lowest BCUT2D eigenvalue weighted by molar-refractivity contribution is 0.0989. The maximum absolute atomic E-state index is 12.3. The van der Waals surface area contributed by atoms with Crippen molar-refractivity contribution in [2.24, 2.45) is 0 Å². The molecule has 1 saturated heterocycles. The summed E-state index contributed by atoms with van der Waals surface area (Å²) < 4.78 is 26.8. The summed E-state index contributed by atoms with van der Waals surface area (Å²) in [5.74, 6) is 0. The number of allylic oxidation sites excluding steroid dienone is 2. The predicted octanol–water partition coefficient (Wildman–Crippen LogP) is 1.20. The number of aliphatic hydroxyl groups is 2. The smallest absolute Gasteiger partial charge is 0.251 e. The number of hydrogen-bond donors (Lipinski definition) is 3. The van der Waals surface area contributed by atoms with E-state index in [9.17, 15) is 18.8 Å². The molecule has 1 aliphatic rings. The first-order valence-corrected chi connectivity index (χ1v) is 10.1. The lowest BCUT2D eigenvalue weighted by Crippen LogP contribution is -2.34. The molecule has 1 fully saturated rings. The number of piperidine rings is 1. The first-order valence-electron chi connectivity index (χ1n) is 8.64. The van der Waals surface area contributed by atoms with E-state index in [0.717, 1.165) is 18.8 Å². The minimum atomic E-state index is -4.07. The van der Waals surface area contributed by atoms with Crippen LogP contribution in [-0.4, -0.2) is 51.0 Å². The summed E-state index contributed by atoms with van der Waals surface area (Å²) in [5, 5.41) is 27.4. The fourth-order valence-corrected chi connectivity index (χ4v) is 4.09. The maximum atomic E-state index is 12.3. The van der Waals surface area contributed by atoms with Gasteiger partial charge in [-0.15, -0.1) is 0 Å². The Balaban J connectivity index is 2.22. The van der Waals surface area contributed by atoms with Gasteiger partial charge in [-0.2, -0.15) is 5.26 Å². The Morgan fingerprint density at radius 2 is 1.88 bits per heavy atom. The zero-order valence-corrected chi connectivity index (χ0v) is 15.7. The zero-order valence-electron chi connectivity index (χ0n) is 14.9. The lowest BCUT2D eigenvalue weighted by atomic mass is 10.1. The molecule has 7 nitrogen and oxygen atoms in total. The number of hydrogen-bond acceptors (Lipinski definition) is 6. The number of nitrogens with one attached hydrogen (secondary N) is 1. The van der Waals surface area contributed by atoms with Crippen molar-refractivity contribution in [1.82, 2.24) is 4.72 Å². The molecule has 0 saturated carbocycles. The molecule has 142 valence electrons. The van der Waals surface area contributed by atoms with Crippen LogP contribution in [-0.2, 0) is 10.0 Å². The highest BCUT2D eigenvalue weighted by molar-refractivity contribution is 7.93. The van der Waals surface area contributed by atoms with Crippen LogP contribution < -0.4 is 9.62 Å². The van der Waals surface area contributed by atoms with E-state index in [1.165, 1.54) is 19.3 Å². The summed E-state index contributed by atoms with van der Waals surface area (Å²) in [6.07, 6.45) is 2.37. The van der Waals surface area contributed by atoms with E-state index in [-0.39, 0.29) is 6.54 Å². The lowest BCUT2D eigenvalue weighted by Gasteiger charge is -2.28. The Morgan fingerprint density at radius 1 is 1.27 bits per heavy atom. The molecule has 3 N–H and O–H groups in total. The van der Waals surface area contributed by atoms with Gasteiger partial charge in [0.15, 0.2) is 4.91 Å². The summed E-state index contributed by atoms with van der Waals surface area (Å²) in [6.45, 7) is 2.69. The average molecular weight is 379 g/mol. The van der Waals surface area contributed by atoms with Crippen molar-refractivity contribution in [2.45, 2.75) is 32.3 Å². The van der Waals surface area contributed by atoms with E-state index >= 15 is 0 Å².